The number of piperidine rings is 1. The Morgan fingerprint density at radius 1 is 1.11 bits per heavy atom. The lowest BCUT2D eigenvalue weighted by Gasteiger charge is -2.31. The first-order valence-corrected chi connectivity index (χ1v) is 14.7. The van der Waals surface area contributed by atoms with Crippen molar-refractivity contribution in [3.05, 3.63) is 59.8 Å². The van der Waals surface area contributed by atoms with Gasteiger partial charge in [-0.1, -0.05) is 30.3 Å². The van der Waals surface area contributed by atoms with Gasteiger partial charge in [0.1, 0.15) is 0 Å². The van der Waals surface area contributed by atoms with Gasteiger partial charge in [-0.2, -0.15) is 0 Å². The van der Waals surface area contributed by atoms with Crippen LogP contribution in [0.1, 0.15) is 36.3 Å². The largest absolute Gasteiger partial charge is 0.369 e. The summed E-state index contributed by atoms with van der Waals surface area (Å²) in [6.45, 7) is 3.55. The van der Waals surface area contributed by atoms with Crippen molar-refractivity contribution >= 4 is 26.8 Å². The molecule has 1 aliphatic rings. The normalized spacial score (nSPS) is 15.5. The maximum absolute atomic E-state index is 12.9. The molecule has 0 radical (unpaired) electrons. The lowest BCUT2D eigenvalue weighted by atomic mass is 9.88. The molecule has 0 spiro atoms. The fraction of sp³-hybridized carbons (Fsp3) is 0.464. The van der Waals surface area contributed by atoms with E-state index in [9.17, 15) is 13.2 Å². The second kappa shape index (κ2) is 12.2. The number of amides is 1. The Hall–Kier alpha value is -2.72. The fourth-order valence-corrected chi connectivity index (χ4v) is 6.71. The van der Waals surface area contributed by atoms with Crippen LogP contribution in [0.2, 0.25) is 0 Å². The second-order valence-corrected chi connectivity index (χ2v) is 12.3. The average Bonchev–Trinajstić information content (AvgIpc) is 3.31. The predicted molar refractivity (Wildman–Crippen MR) is 150 cm³/mol. The van der Waals surface area contributed by atoms with Crippen molar-refractivity contribution in [1.82, 2.24) is 19.5 Å². The number of hydrogen-bond donors (Lipinski definition) is 3. The molecule has 0 unspecified atom stereocenters. The summed E-state index contributed by atoms with van der Waals surface area (Å²) >= 11 is 0. The molecule has 37 heavy (non-hydrogen) atoms. The highest BCUT2D eigenvalue weighted by atomic mass is 32.2. The van der Waals surface area contributed by atoms with Crippen LogP contribution in [0.3, 0.4) is 0 Å². The molecule has 1 amide bonds. The molecule has 8 nitrogen and oxygen atoms in total. The summed E-state index contributed by atoms with van der Waals surface area (Å²) < 4.78 is 27.5. The summed E-state index contributed by atoms with van der Waals surface area (Å²) in [6.07, 6.45) is 4.35. The minimum absolute atomic E-state index is 0.165. The van der Waals surface area contributed by atoms with Gasteiger partial charge >= 0.3 is 0 Å². The SMILES string of the molecule is CN(C)CCNCCCS(=O)(=O)N1CCC(c2c[nH]c3c(CC(N)=O)cc(-c4ccccc4)cc23)CC1. The third kappa shape index (κ3) is 6.98. The van der Waals surface area contributed by atoms with Crippen molar-refractivity contribution < 1.29 is 13.2 Å². The monoisotopic (exact) mass is 525 g/mol. The quantitative estimate of drug-likeness (QED) is 0.315. The van der Waals surface area contributed by atoms with Crippen LogP contribution in [0.4, 0.5) is 0 Å². The minimum atomic E-state index is -3.26. The fourth-order valence-electron chi connectivity index (χ4n) is 5.17. The molecule has 2 aromatic carbocycles. The van der Waals surface area contributed by atoms with Crippen molar-refractivity contribution in [2.75, 3.05) is 52.6 Å². The maximum Gasteiger partial charge on any atom is 0.221 e. The van der Waals surface area contributed by atoms with Gasteiger partial charge in [0, 0.05) is 43.3 Å². The van der Waals surface area contributed by atoms with Crippen molar-refractivity contribution in [3.8, 4) is 11.1 Å². The first-order valence-electron chi connectivity index (χ1n) is 13.1. The molecule has 0 atom stereocenters. The van der Waals surface area contributed by atoms with Crippen LogP contribution in [0.5, 0.6) is 0 Å². The smallest absolute Gasteiger partial charge is 0.221 e. The molecule has 3 aromatic rings. The number of fused-ring (bicyclic) bond motifs is 1. The molecule has 1 aromatic heterocycles. The maximum atomic E-state index is 12.9. The number of carbonyl (C=O) groups excluding carboxylic acids is 1. The number of aromatic nitrogens is 1. The van der Waals surface area contributed by atoms with E-state index in [1.807, 2.05) is 44.6 Å². The zero-order valence-corrected chi connectivity index (χ0v) is 22.7. The highest BCUT2D eigenvalue weighted by Crippen LogP contribution is 2.37. The Morgan fingerprint density at radius 3 is 2.51 bits per heavy atom. The van der Waals surface area contributed by atoms with Gasteiger partial charge in [0.05, 0.1) is 12.2 Å². The lowest BCUT2D eigenvalue weighted by molar-refractivity contribution is -0.117. The Labute approximate surface area is 220 Å². The van der Waals surface area contributed by atoms with Crippen molar-refractivity contribution in [2.24, 2.45) is 5.73 Å². The van der Waals surface area contributed by atoms with Gasteiger partial charge in [-0.15, -0.1) is 0 Å². The molecule has 200 valence electrons. The third-order valence-corrected chi connectivity index (χ3v) is 9.11. The van der Waals surface area contributed by atoms with Gasteiger partial charge in [-0.25, -0.2) is 12.7 Å². The van der Waals surface area contributed by atoms with E-state index >= 15 is 0 Å². The zero-order valence-electron chi connectivity index (χ0n) is 21.9. The number of nitrogens with two attached hydrogens (primary N) is 1. The van der Waals surface area contributed by atoms with Gasteiger partial charge in [0.25, 0.3) is 0 Å². The van der Waals surface area contributed by atoms with Gasteiger partial charge in [0.15, 0.2) is 0 Å². The predicted octanol–water partition coefficient (Wildman–Crippen LogP) is 2.91. The van der Waals surface area contributed by atoms with Crippen molar-refractivity contribution in [2.45, 2.75) is 31.6 Å². The number of carbonyl (C=O) groups is 1. The van der Waals surface area contributed by atoms with Crippen LogP contribution < -0.4 is 11.1 Å². The summed E-state index contributed by atoms with van der Waals surface area (Å²) in [6, 6.07) is 14.3. The summed E-state index contributed by atoms with van der Waals surface area (Å²) in [5.41, 5.74) is 10.7. The first-order chi connectivity index (χ1) is 17.7. The number of aromatic amines is 1. The van der Waals surface area contributed by atoms with E-state index in [1.165, 1.54) is 5.56 Å². The van der Waals surface area contributed by atoms with E-state index in [2.05, 4.69) is 33.4 Å². The number of benzene rings is 2. The van der Waals surface area contributed by atoms with E-state index in [4.69, 9.17) is 5.73 Å². The standard InChI is InChI=1S/C28H39N5O3S/c1-32(2)15-12-30-11-6-16-37(35,36)33-13-9-22(10-14-33)26-20-31-28-24(19-27(29)34)17-23(18-25(26)28)21-7-4-3-5-8-21/h3-5,7-8,17-18,20,22,30-31H,6,9-16,19H2,1-2H3,(H2,29,34). The van der Waals surface area contributed by atoms with Crippen molar-refractivity contribution in [3.63, 3.8) is 0 Å². The highest BCUT2D eigenvalue weighted by Gasteiger charge is 2.29. The number of likely N-dealkylation sites (N-methyl/N-ethyl adjacent to an activating group) is 1. The molecular formula is C28H39N5O3S. The Morgan fingerprint density at radius 2 is 1.84 bits per heavy atom. The van der Waals surface area contributed by atoms with Gasteiger partial charge in [-0.05, 0) is 80.2 Å². The average molecular weight is 526 g/mol. The van der Waals surface area contributed by atoms with E-state index in [-0.39, 0.29) is 24.0 Å². The van der Waals surface area contributed by atoms with Crippen LogP contribution in [0.25, 0.3) is 22.0 Å². The number of rotatable bonds is 12. The zero-order chi connectivity index (χ0) is 26.4. The molecule has 9 heteroatoms. The summed E-state index contributed by atoms with van der Waals surface area (Å²) in [5.74, 6) is 0.0609. The Balaban J connectivity index is 1.45. The second-order valence-electron chi connectivity index (χ2n) is 10.2. The summed E-state index contributed by atoms with van der Waals surface area (Å²) in [5, 5.41) is 4.40. The topological polar surface area (TPSA) is 112 Å². The van der Waals surface area contributed by atoms with E-state index in [0.29, 0.717) is 26.1 Å². The number of primary amides is 1. The Kier molecular flexibility index (Phi) is 9.02. The molecular weight excluding hydrogens is 486 g/mol. The number of nitrogens with one attached hydrogen (secondary N) is 2. The van der Waals surface area contributed by atoms with Crippen LogP contribution in [0.15, 0.2) is 48.7 Å². The van der Waals surface area contributed by atoms with E-state index in [1.54, 1.807) is 4.31 Å². The van der Waals surface area contributed by atoms with Crippen LogP contribution in [-0.2, 0) is 21.2 Å². The highest BCUT2D eigenvalue weighted by molar-refractivity contribution is 7.89. The number of sulfonamides is 1. The first kappa shape index (κ1) is 27.3. The molecule has 0 saturated carbocycles. The number of nitrogens with zero attached hydrogens (tertiary/aromatic N) is 2. The molecule has 1 aliphatic heterocycles. The molecule has 4 rings (SSSR count). The summed E-state index contributed by atoms with van der Waals surface area (Å²) in [4.78, 5) is 17.3. The molecule has 1 fully saturated rings. The van der Waals surface area contributed by atoms with Crippen molar-refractivity contribution in [1.29, 1.82) is 0 Å². The minimum Gasteiger partial charge on any atom is -0.369 e. The Bertz CT molecular complexity index is 1300. The molecule has 0 aliphatic carbocycles. The lowest BCUT2D eigenvalue weighted by Crippen LogP contribution is -2.39. The molecule has 2 heterocycles. The van der Waals surface area contributed by atoms with E-state index < -0.39 is 10.0 Å². The van der Waals surface area contributed by atoms with Gasteiger partial charge < -0.3 is 20.9 Å². The number of H-pyrrole nitrogens is 1. The van der Waals surface area contributed by atoms with Crippen LogP contribution >= 0.6 is 0 Å². The summed E-state index contributed by atoms with van der Waals surface area (Å²) in [7, 11) is 0.783. The number of hydrogen-bond acceptors (Lipinski definition) is 5. The molecule has 0 bridgehead atoms. The van der Waals surface area contributed by atoms with Crippen LogP contribution in [0, 0.1) is 0 Å². The van der Waals surface area contributed by atoms with Crippen LogP contribution in [-0.4, -0.2) is 81.1 Å². The van der Waals surface area contributed by atoms with Gasteiger partial charge in [0.2, 0.25) is 15.9 Å². The van der Waals surface area contributed by atoms with Gasteiger partial charge in [-0.3, -0.25) is 4.79 Å². The molecule has 4 N–H and O–H groups in total. The molecule has 1 saturated heterocycles. The van der Waals surface area contributed by atoms with E-state index in [0.717, 1.165) is 53.5 Å². The third-order valence-electron chi connectivity index (χ3n) is 7.15.